The zero-order valence-electron chi connectivity index (χ0n) is 14.6. The molecular weight excluding hydrogens is 326 g/mol. The first-order chi connectivity index (χ1) is 12.5. The molecule has 0 saturated heterocycles. The maximum Gasteiger partial charge on any atom is 0.269 e. The van der Waals surface area contributed by atoms with Crippen LogP contribution < -0.4 is 5.32 Å². The van der Waals surface area contributed by atoms with Crippen LogP contribution in [0, 0.1) is 24.0 Å². The highest BCUT2D eigenvalue weighted by molar-refractivity contribution is 6.09. The molecule has 0 atom stereocenters. The van der Waals surface area contributed by atoms with E-state index in [9.17, 15) is 10.1 Å². The number of nitrogens with one attached hydrogen (secondary N) is 1. The zero-order chi connectivity index (χ0) is 18.5. The number of nitro groups is 1. The van der Waals surface area contributed by atoms with Crippen LogP contribution in [0.15, 0.2) is 77.8 Å². The molecule has 5 nitrogen and oxygen atoms in total. The average Bonchev–Trinajstić information content (AvgIpc) is 2.65. The second-order valence-electron chi connectivity index (χ2n) is 6.09. The summed E-state index contributed by atoms with van der Waals surface area (Å²) in [5.41, 5.74) is 4.87. The largest absolute Gasteiger partial charge is 0.340 e. The van der Waals surface area contributed by atoms with E-state index >= 15 is 0 Å². The monoisotopic (exact) mass is 345 g/mol. The Morgan fingerprint density at radius 2 is 1.38 bits per heavy atom. The first-order valence-electron chi connectivity index (χ1n) is 8.25. The lowest BCUT2D eigenvalue weighted by Gasteiger charge is -2.11. The van der Waals surface area contributed by atoms with Crippen LogP contribution in [0.1, 0.15) is 16.7 Å². The minimum absolute atomic E-state index is 0.0544. The SMILES string of the molecule is Cc1ccc(N=C(Nc2ccc(C)cc2)c2ccc([N+](=O)[O-])cc2)cc1. The Kier molecular flexibility index (Phi) is 5.08. The molecule has 0 unspecified atom stereocenters. The van der Waals surface area contributed by atoms with Gasteiger partial charge in [-0.15, -0.1) is 0 Å². The topological polar surface area (TPSA) is 67.5 Å². The normalized spacial score (nSPS) is 11.2. The Hall–Kier alpha value is -3.47. The molecule has 3 rings (SSSR count). The Labute approximate surface area is 152 Å². The summed E-state index contributed by atoms with van der Waals surface area (Å²) in [6.45, 7) is 4.05. The van der Waals surface area contributed by atoms with Crippen LogP contribution in [0.3, 0.4) is 0 Å². The van der Waals surface area contributed by atoms with Gasteiger partial charge >= 0.3 is 0 Å². The molecule has 0 bridgehead atoms. The maximum absolute atomic E-state index is 10.9. The number of benzene rings is 3. The lowest BCUT2D eigenvalue weighted by atomic mass is 10.1. The van der Waals surface area contributed by atoms with E-state index in [1.165, 1.54) is 17.7 Å². The predicted molar refractivity (Wildman–Crippen MR) is 105 cm³/mol. The van der Waals surface area contributed by atoms with Gasteiger partial charge in [-0.1, -0.05) is 35.4 Å². The van der Waals surface area contributed by atoms with Crippen molar-refractivity contribution in [3.05, 3.63) is 99.6 Å². The van der Waals surface area contributed by atoms with Gasteiger partial charge in [-0.05, 0) is 50.2 Å². The van der Waals surface area contributed by atoms with Gasteiger partial charge in [0.25, 0.3) is 5.69 Å². The maximum atomic E-state index is 10.9. The van der Waals surface area contributed by atoms with Crippen molar-refractivity contribution < 1.29 is 4.92 Å². The average molecular weight is 345 g/mol. The molecule has 0 aliphatic rings. The van der Waals surface area contributed by atoms with Gasteiger partial charge in [0, 0.05) is 23.4 Å². The molecule has 3 aromatic carbocycles. The number of amidine groups is 1. The number of nitro benzene ring substituents is 1. The van der Waals surface area contributed by atoms with E-state index in [0.717, 1.165) is 22.5 Å². The van der Waals surface area contributed by atoms with Crippen LogP contribution >= 0.6 is 0 Å². The van der Waals surface area contributed by atoms with E-state index in [1.807, 2.05) is 62.4 Å². The minimum atomic E-state index is -0.409. The van der Waals surface area contributed by atoms with Crippen molar-refractivity contribution in [2.75, 3.05) is 5.32 Å². The van der Waals surface area contributed by atoms with E-state index < -0.39 is 4.92 Å². The number of rotatable bonds is 4. The highest BCUT2D eigenvalue weighted by atomic mass is 16.6. The van der Waals surface area contributed by atoms with Gasteiger partial charge in [0.1, 0.15) is 5.84 Å². The third-order valence-electron chi connectivity index (χ3n) is 3.94. The summed E-state index contributed by atoms with van der Waals surface area (Å²) in [6.07, 6.45) is 0. The molecule has 0 radical (unpaired) electrons. The third-order valence-corrected chi connectivity index (χ3v) is 3.94. The van der Waals surface area contributed by atoms with Gasteiger partial charge in [-0.2, -0.15) is 0 Å². The van der Waals surface area contributed by atoms with Gasteiger partial charge in [-0.25, -0.2) is 4.99 Å². The van der Waals surface area contributed by atoms with Gasteiger partial charge < -0.3 is 5.32 Å². The van der Waals surface area contributed by atoms with Gasteiger partial charge in [0.2, 0.25) is 0 Å². The van der Waals surface area contributed by atoms with Crippen molar-refractivity contribution in [2.45, 2.75) is 13.8 Å². The Bertz CT molecular complexity index is 929. The third kappa shape index (κ3) is 4.33. The van der Waals surface area contributed by atoms with Gasteiger partial charge in [0.05, 0.1) is 10.6 Å². The van der Waals surface area contributed by atoms with E-state index in [0.29, 0.717) is 5.84 Å². The number of hydrogen-bond acceptors (Lipinski definition) is 3. The van der Waals surface area contributed by atoms with E-state index in [2.05, 4.69) is 5.32 Å². The number of non-ortho nitro benzene ring substituents is 1. The molecule has 0 spiro atoms. The van der Waals surface area contributed by atoms with Crippen LogP contribution in [-0.2, 0) is 0 Å². The molecule has 0 saturated carbocycles. The summed E-state index contributed by atoms with van der Waals surface area (Å²) in [5.74, 6) is 0.632. The predicted octanol–water partition coefficient (Wildman–Crippen LogP) is 5.40. The molecule has 0 fully saturated rings. The number of aliphatic imine (C=N–C) groups is 1. The smallest absolute Gasteiger partial charge is 0.269 e. The Morgan fingerprint density at radius 1 is 0.846 bits per heavy atom. The fraction of sp³-hybridized carbons (Fsp3) is 0.0952. The van der Waals surface area contributed by atoms with Crippen LogP contribution in [0.5, 0.6) is 0 Å². The molecule has 26 heavy (non-hydrogen) atoms. The van der Waals surface area contributed by atoms with Crippen molar-refractivity contribution in [1.82, 2.24) is 0 Å². The molecule has 5 heteroatoms. The molecule has 0 amide bonds. The van der Waals surface area contributed by atoms with Crippen molar-refractivity contribution in [3.8, 4) is 0 Å². The van der Waals surface area contributed by atoms with Crippen molar-refractivity contribution in [2.24, 2.45) is 4.99 Å². The highest BCUT2D eigenvalue weighted by Gasteiger charge is 2.09. The first-order valence-corrected chi connectivity index (χ1v) is 8.25. The Morgan fingerprint density at radius 3 is 1.92 bits per heavy atom. The summed E-state index contributed by atoms with van der Waals surface area (Å²) in [4.78, 5) is 15.2. The molecule has 3 aromatic rings. The van der Waals surface area contributed by atoms with E-state index in [1.54, 1.807) is 12.1 Å². The summed E-state index contributed by atoms with van der Waals surface area (Å²) in [6, 6.07) is 22.2. The Balaban J connectivity index is 1.98. The van der Waals surface area contributed by atoms with Gasteiger partial charge in [0.15, 0.2) is 0 Å². The van der Waals surface area contributed by atoms with Crippen molar-refractivity contribution in [1.29, 1.82) is 0 Å². The second-order valence-corrected chi connectivity index (χ2v) is 6.09. The summed E-state index contributed by atoms with van der Waals surface area (Å²) in [5, 5.41) is 14.2. The fourth-order valence-corrected chi connectivity index (χ4v) is 2.43. The van der Waals surface area contributed by atoms with Gasteiger partial charge in [-0.3, -0.25) is 10.1 Å². The molecular formula is C21H19N3O2. The standard InChI is InChI=1S/C21H19N3O2/c1-15-3-9-18(10-4-15)22-21(23-19-11-5-16(2)6-12-19)17-7-13-20(14-8-17)24(25)26/h3-14H,1-2H3,(H,22,23). The van der Waals surface area contributed by atoms with Crippen molar-refractivity contribution >= 4 is 22.9 Å². The summed E-state index contributed by atoms with van der Waals surface area (Å²) in [7, 11) is 0. The van der Waals surface area contributed by atoms with Crippen LogP contribution in [0.4, 0.5) is 17.1 Å². The molecule has 0 aliphatic heterocycles. The summed E-state index contributed by atoms with van der Waals surface area (Å²) >= 11 is 0. The minimum Gasteiger partial charge on any atom is -0.340 e. The molecule has 0 aliphatic carbocycles. The summed E-state index contributed by atoms with van der Waals surface area (Å²) < 4.78 is 0. The van der Waals surface area contributed by atoms with Crippen LogP contribution in [-0.4, -0.2) is 10.8 Å². The molecule has 130 valence electrons. The van der Waals surface area contributed by atoms with Crippen molar-refractivity contribution in [3.63, 3.8) is 0 Å². The van der Waals surface area contributed by atoms with Crippen LogP contribution in [0.25, 0.3) is 0 Å². The van der Waals surface area contributed by atoms with E-state index in [-0.39, 0.29) is 5.69 Å². The number of nitrogens with zero attached hydrogens (tertiary/aromatic N) is 2. The van der Waals surface area contributed by atoms with Crippen LogP contribution in [0.2, 0.25) is 0 Å². The lowest BCUT2D eigenvalue weighted by molar-refractivity contribution is -0.384. The number of aryl methyl sites for hydroxylation is 2. The molecule has 0 aromatic heterocycles. The van der Waals surface area contributed by atoms with E-state index in [4.69, 9.17) is 4.99 Å². The quantitative estimate of drug-likeness (QED) is 0.298. The second kappa shape index (κ2) is 7.61. The molecule has 1 N–H and O–H groups in total. The zero-order valence-corrected chi connectivity index (χ0v) is 14.6. The number of anilines is 1. The highest BCUT2D eigenvalue weighted by Crippen LogP contribution is 2.19. The first kappa shape index (κ1) is 17.4. The lowest BCUT2D eigenvalue weighted by Crippen LogP contribution is -2.13. The number of hydrogen-bond donors (Lipinski definition) is 1. The molecule has 0 heterocycles. The fourth-order valence-electron chi connectivity index (χ4n) is 2.43.